The van der Waals surface area contributed by atoms with E-state index in [0.29, 0.717) is 11.3 Å². The van der Waals surface area contributed by atoms with Gasteiger partial charge in [-0.3, -0.25) is 14.4 Å². The van der Waals surface area contributed by atoms with Crippen LogP contribution < -0.4 is 16.0 Å². The lowest BCUT2D eigenvalue weighted by atomic mass is 9.87. The van der Waals surface area contributed by atoms with Gasteiger partial charge in [0.1, 0.15) is 0 Å². The number of nitrogens with one attached hydrogen (secondary N) is 3. The predicted octanol–water partition coefficient (Wildman–Crippen LogP) is 1.62. The second-order valence-electron chi connectivity index (χ2n) is 6.61. The average molecular weight is 329 g/mol. The van der Waals surface area contributed by atoms with Gasteiger partial charge >= 0.3 is 0 Å². The van der Waals surface area contributed by atoms with Crippen LogP contribution in [0.15, 0.2) is 24.3 Å². The van der Waals surface area contributed by atoms with Gasteiger partial charge in [0.05, 0.1) is 12.5 Å². The van der Waals surface area contributed by atoms with E-state index in [-0.39, 0.29) is 36.1 Å². The molecule has 3 rings (SSSR count). The molecule has 0 aromatic heterocycles. The fourth-order valence-corrected chi connectivity index (χ4v) is 3.46. The van der Waals surface area contributed by atoms with Crippen molar-refractivity contribution in [1.82, 2.24) is 10.6 Å². The van der Waals surface area contributed by atoms with E-state index in [1.807, 2.05) is 0 Å². The van der Waals surface area contributed by atoms with E-state index in [9.17, 15) is 14.4 Å². The summed E-state index contributed by atoms with van der Waals surface area (Å²) in [4.78, 5) is 35.6. The minimum atomic E-state index is -0.485. The summed E-state index contributed by atoms with van der Waals surface area (Å²) in [6.45, 7) is 1.50. The molecule has 2 aliphatic rings. The number of amides is 2. The van der Waals surface area contributed by atoms with Gasteiger partial charge in [-0.15, -0.1) is 0 Å². The number of hydrogen-bond donors (Lipinski definition) is 3. The molecule has 1 aromatic carbocycles. The lowest BCUT2D eigenvalue weighted by molar-refractivity contribution is -0.129. The first-order valence-corrected chi connectivity index (χ1v) is 8.50. The highest BCUT2D eigenvalue weighted by Crippen LogP contribution is 2.22. The van der Waals surface area contributed by atoms with Crippen molar-refractivity contribution in [2.45, 2.75) is 57.2 Å². The molecule has 2 fully saturated rings. The highest BCUT2D eigenvalue weighted by molar-refractivity contribution is 5.97. The first-order chi connectivity index (χ1) is 11.5. The first kappa shape index (κ1) is 16.6. The van der Waals surface area contributed by atoms with Crippen LogP contribution in [0.4, 0.5) is 5.69 Å². The molecule has 6 heteroatoms. The van der Waals surface area contributed by atoms with E-state index < -0.39 is 6.04 Å². The smallest absolute Gasteiger partial charge is 0.237 e. The van der Waals surface area contributed by atoms with Crippen molar-refractivity contribution in [3.63, 3.8) is 0 Å². The third-order valence-corrected chi connectivity index (χ3v) is 4.79. The molecule has 0 unspecified atom stereocenters. The molecule has 128 valence electrons. The fraction of sp³-hybridized carbons (Fsp3) is 0.500. The van der Waals surface area contributed by atoms with Gasteiger partial charge in [-0.25, -0.2) is 0 Å². The van der Waals surface area contributed by atoms with Crippen LogP contribution >= 0.6 is 0 Å². The molecular formula is C18H23N3O3. The molecule has 1 saturated carbocycles. The number of anilines is 1. The molecule has 0 radical (unpaired) electrons. The van der Waals surface area contributed by atoms with Gasteiger partial charge in [-0.1, -0.05) is 12.8 Å². The number of Topliss-reactive ketones (excluding diaryl/α,β-unsaturated/α-hetero) is 1. The Kier molecular flexibility index (Phi) is 4.94. The Bertz CT molecular complexity index is 641. The van der Waals surface area contributed by atoms with E-state index in [2.05, 4.69) is 16.0 Å². The van der Waals surface area contributed by atoms with E-state index in [4.69, 9.17) is 0 Å². The van der Waals surface area contributed by atoms with Crippen molar-refractivity contribution in [3.8, 4) is 0 Å². The van der Waals surface area contributed by atoms with Crippen LogP contribution in [0.3, 0.4) is 0 Å². The predicted molar refractivity (Wildman–Crippen MR) is 90.8 cm³/mol. The molecule has 1 saturated heterocycles. The Balaban J connectivity index is 1.56. The third kappa shape index (κ3) is 3.82. The SMILES string of the molecule is CC(=O)c1ccc(NC(=O)C[C@H]2N[C@H]3CCCC[C@H]3NC2=O)cc1. The molecule has 1 aliphatic heterocycles. The van der Waals surface area contributed by atoms with Crippen LogP contribution in [0, 0.1) is 0 Å². The van der Waals surface area contributed by atoms with Crippen molar-refractivity contribution < 1.29 is 14.4 Å². The zero-order valence-electron chi connectivity index (χ0n) is 13.8. The number of fused-ring (bicyclic) bond motifs is 1. The maximum absolute atomic E-state index is 12.2. The summed E-state index contributed by atoms with van der Waals surface area (Å²) in [6, 6.07) is 6.72. The Hall–Kier alpha value is -2.21. The third-order valence-electron chi connectivity index (χ3n) is 4.79. The molecule has 1 heterocycles. The normalized spacial score (nSPS) is 26.2. The maximum Gasteiger partial charge on any atom is 0.237 e. The van der Waals surface area contributed by atoms with E-state index in [0.717, 1.165) is 25.7 Å². The Morgan fingerprint density at radius 2 is 1.79 bits per heavy atom. The van der Waals surface area contributed by atoms with Gasteiger partial charge in [-0.05, 0) is 44.0 Å². The standard InChI is InChI=1S/C18H23N3O3/c1-11(22)12-6-8-13(9-7-12)19-17(23)10-16-18(24)21-15-5-3-2-4-14(15)20-16/h6-9,14-16,20H,2-5,10H2,1H3,(H,19,23)(H,21,24)/t14-,15+,16+/m0/s1. The second-order valence-corrected chi connectivity index (χ2v) is 6.61. The highest BCUT2D eigenvalue weighted by Gasteiger charge is 2.36. The summed E-state index contributed by atoms with van der Waals surface area (Å²) >= 11 is 0. The summed E-state index contributed by atoms with van der Waals surface area (Å²) in [5.74, 6) is -0.328. The minimum absolute atomic E-state index is 0.0158. The van der Waals surface area contributed by atoms with Crippen LogP contribution in [0.25, 0.3) is 0 Å². The molecule has 0 spiro atoms. The van der Waals surface area contributed by atoms with Crippen molar-refractivity contribution in [2.75, 3.05) is 5.32 Å². The van der Waals surface area contributed by atoms with Crippen LogP contribution in [-0.2, 0) is 9.59 Å². The first-order valence-electron chi connectivity index (χ1n) is 8.50. The Morgan fingerprint density at radius 1 is 1.12 bits per heavy atom. The lowest BCUT2D eigenvalue weighted by Crippen LogP contribution is -2.65. The van der Waals surface area contributed by atoms with Crippen LogP contribution in [0.2, 0.25) is 0 Å². The molecule has 24 heavy (non-hydrogen) atoms. The quantitative estimate of drug-likeness (QED) is 0.733. The topological polar surface area (TPSA) is 87.3 Å². The number of piperazine rings is 1. The zero-order chi connectivity index (χ0) is 17.1. The molecule has 3 atom stereocenters. The number of carbonyl (C=O) groups excluding carboxylic acids is 3. The van der Waals surface area contributed by atoms with Gasteiger partial charge in [0, 0.05) is 23.3 Å². The largest absolute Gasteiger partial charge is 0.350 e. The van der Waals surface area contributed by atoms with Gasteiger partial charge < -0.3 is 16.0 Å². The Labute approximate surface area is 141 Å². The van der Waals surface area contributed by atoms with E-state index in [1.165, 1.54) is 6.92 Å². The van der Waals surface area contributed by atoms with Crippen molar-refractivity contribution in [1.29, 1.82) is 0 Å². The van der Waals surface area contributed by atoms with Gasteiger partial charge in [0.15, 0.2) is 5.78 Å². The van der Waals surface area contributed by atoms with Gasteiger partial charge in [0.2, 0.25) is 11.8 Å². The number of benzene rings is 1. The van der Waals surface area contributed by atoms with Crippen molar-refractivity contribution in [3.05, 3.63) is 29.8 Å². The number of hydrogen-bond acceptors (Lipinski definition) is 4. The maximum atomic E-state index is 12.2. The highest BCUT2D eigenvalue weighted by atomic mass is 16.2. The number of carbonyl (C=O) groups is 3. The fourth-order valence-electron chi connectivity index (χ4n) is 3.46. The average Bonchev–Trinajstić information content (AvgIpc) is 2.56. The second kappa shape index (κ2) is 7.13. The molecule has 2 amide bonds. The monoisotopic (exact) mass is 329 g/mol. The summed E-state index contributed by atoms with van der Waals surface area (Å²) in [7, 11) is 0. The number of ketones is 1. The molecule has 1 aromatic rings. The molecule has 1 aliphatic carbocycles. The Morgan fingerprint density at radius 3 is 2.46 bits per heavy atom. The van der Waals surface area contributed by atoms with Gasteiger partial charge in [-0.2, -0.15) is 0 Å². The van der Waals surface area contributed by atoms with Crippen LogP contribution in [0.1, 0.15) is 49.4 Å². The zero-order valence-corrected chi connectivity index (χ0v) is 13.8. The van der Waals surface area contributed by atoms with Gasteiger partial charge in [0.25, 0.3) is 0 Å². The summed E-state index contributed by atoms with van der Waals surface area (Å²) < 4.78 is 0. The minimum Gasteiger partial charge on any atom is -0.350 e. The molecule has 3 N–H and O–H groups in total. The summed E-state index contributed by atoms with van der Waals surface area (Å²) in [6.07, 6.45) is 4.44. The van der Waals surface area contributed by atoms with Crippen molar-refractivity contribution >= 4 is 23.3 Å². The van der Waals surface area contributed by atoms with E-state index in [1.54, 1.807) is 24.3 Å². The van der Waals surface area contributed by atoms with E-state index >= 15 is 0 Å². The summed E-state index contributed by atoms with van der Waals surface area (Å²) in [5.41, 5.74) is 1.22. The molecular weight excluding hydrogens is 306 g/mol. The number of rotatable bonds is 4. The summed E-state index contributed by atoms with van der Waals surface area (Å²) in [5, 5.41) is 9.14. The molecule has 0 bridgehead atoms. The van der Waals surface area contributed by atoms with Crippen LogP contribution in [-0.4, -0.2) is 35.7 Å². The lowest BCUT2D eigenvalue weighted by Gasteiger charge is -2.40. The van der Waals surface area contributed by atoms with Crippen molar-refractivity contribution in [2.24, 2.45) is 0 Å². The van der Waals surface area contributed by atoms with Crippen LogP contribution in [0.5, 0.6) is 0 Å². The molecule has 6 nitrogen and oxygen atoms in total.